The van der Waals surface area contributed by atoms with Crippen molar-refractivity contribution in [3.8, 4) is 0 Å². The Morgan fingerprint density at radius 2 is 2.44 bits per heavy atom. The van der Waals surface area contributed by atoms with E-state index in [1.807, 2.05) is 0 Å². The van der Waals surface area contributed by atoms with E-state index in [9.17, 15) is 4.79 Å². The van der Waals surface area contributed by atoms with E-state index in [0.717, 1.165) is 13.0 Å². The molecule has 2 unspecified atom stereocenters. The normalized spacial score (nSPS) is 22.0. The Bertz CT molecular complexity index is 205. The Labute approximate surface area is 96.9 Å². The first-order chi connectivity index (χ1) is 7.74. The van der Waals surface area contributed by atoms with Gasteiger partial charge in [0.15, 0.2) is 0 Å². The van der Waals surface area contributed by atoms with E-state index in [4.69, 9.17) is 9.47 Å². The second kappa shape index (κ2) is 7.60. The fourth-order valence-corrected chi connectivity index (χ4v) is 1.66. The molecular formula is C11H22N2O3. The van der Waals surface area contributed by atoms with Crippen LogP contribution in [0.4, 0.5) is 0 Å². The lowest BCUT2D eigenvalue weighted by atomic mass is 10.2. The summed E-state index contributed by atoms with van der Waals surface area (Å²) < 4.78 is 10.4. The Balaban J connectivity index is 2.07. The summed E-state index contributed by atoms with van der Waals surface area (Å²) in [4.78, 5) is 11.5. The molecule has 1 aliphatic rings. The van der Waals surface area contributed by atoms with E-state index in [2.05, 4.69) is 10.6 Å². The van der Waals surface area contributed by atoms with Crippen LogP contribution in [-0.4, -0.2) is 51.5 Å². The van der Waals surface area contributed by atoms with Gasteiger partial charge in [-0.3, -0.25) is 4.79 Å². The van der Waals surface area contributed by atoms with E-state index in [0.29, 0.717) is 25.8 Å². The van der Waals surface area contributed by atoms with Gasteiger partial charge in [0.1, 0.15) is 6.10 Å². The lowest BCUT2D eigenvalue weighted by Gasteiger charge is -2.16. The van der Waals surface area contributed by atoms with Gasteiger partial charge in [0.05, 0.1) is 13.2 Å². The van der Waals surface area contributed by atoms with Gasteiger partial charge in [0.25, 0.3) is 0 Å². The summed E-state index contributed by atoms with van der Waals surface area (Å²) in [6.45, 7) is 4.51. The van der Waals surface area contributed by atoms with Crippen molar-refractivity contribution < 1.29 is 14.3 Å². The minimum absolute atomic E-state index is 0.0740. The van der Waals surface area contributed by atoms with E-state index < -0.39 is 0 Å². The van der Waals surface area contributed by atoms with Crippen LogP contribution < -0.4 is 10.6 Å². The molecule has 0 aromatic carbocycles. The van der Waals surface area contributed by atoms with Gasteiger partial charge in [0.2, 0.25) is 5.91 Å². The zero-order chi connectivity index (χ0) is 11.8. The average molecular weight is 230 g/mol. The van der Waals surface area contributed by atoms with Crippen LogP contribution in [0.15, 0.2) is 0 Å². The molecule has 0 spiro atoms. The van der Waals surface area contributed by atoms with Gasteiger partial charge in [-0.15, -0.1) is 0 Å². The first kappa shape index (κ1) is 13.4. The fourth-order valence-electron chi connectivity index (χ4n) is 1.66. The van der Waals surface area contributed by atoms with Gasteiger partial charge in [0, 0.05) is 19.7 Å². The van der Waals surface area contributed by atoms with Gasteiger partial charge in [-0.25, -0.2) is 0 Å². The second-order valence-corrected chi connectivity index (χ2v) is 4.05. The largest absolute Gasteiger partial charge is 0.383 e. The summed E-state index contributed by atoms with van der Waals surface area (Å²) >= 11 is 0. The molecule has 0 bridgehead atoms. The number of hydrogen-bond donors (Lipinski definition) is 2. The number of methoxy groups -OCH3 is 1. The van der Waals surface area contributed by atoms with Gasteiger partial charge >= 0.3 is 0 Å². The van der Waals surface area contributed by atoms with Crippen molar-refractivity contribution in [3.63, 3.8) is 0 Å². The first-order valence-electron chi connectivity index (χ1n) is 5.85. The second-order valence-electron chi connectivity index (χ2n) is 4.05. The Hall–Kier alpha value is -0.650. The summed E-state index contributed by atoms with van der Waals surface area (Å²) in [6.07, 6.45) is 1.94. The smallest absolute Gasteiger partial charge is 0.248 e. The summed E-state index contributed by atoms with van der Waals surface area (Å²) in [6, 6.07) is 0.411. The molecule has 2 N–H and O–H groups in total. The third kappa shape index (κ3) is 4.92. The van der Waals surface area contributed by atoms with Gasteiger partial charge in [-0.05, 0) is 26.3 Å². The molecule has 1 rings (SSSR count). The molecule has 0 radical (unpaired) electrons. The minimum Gasteiger partial charge on any atom is -0.383 e. The molecule has 1 heterocycles. The van der Waals surface area contributed by atoms with E-state index in [1.54, 1.807) is 14.0 Å². The van der Waals surface area contributed by atoms with Crippen LogP contribution in [0.3, 0.4) is 0 Å². The van der Waals surface area contributed by atoms with Crippen LogP contribution in [-0.2, 0) is 14.3 Å². The van der Waals surface area contributed by atoms with E-state index >= 15 is 0 Å². The van der Waals surface area contributed by atoms with Crippen LogP contribution in [0.25, 0.3) is 0 Å². The number of carbonyl (C=O) groups is 1. The number of nitrogens with one attached hydrogen (secondary N) is 2. The van der Waals surface area contributed by atoms with Crippen molar-refractivity contribution in [3.05, 3.63) is 0 Å². The number of amides is 1. The van der Waals surface area contributed by atoms with Crippen molar-refractivity contribution >= 4 is 5.91 Å². The highest BCUT2D eigenvalue weighted by atomic mass is 16.5. The van der Waals surface area contributed by atoms with Gasteiger partial charge in [-0.1, -0.05) is 0 Å². The average Bonchev–Trinajstić information content (AvgIpc) is 2.79. The molecule has 0 aromatic heterocycles. The Morgan fingerprint density at radius 1 is 1.62 bits per heavy atom. The van der Waals surface area contributed by atoms with Gasteiger partial charge < -0.3 is 20.1 Å². The van der Waals surface area contributed by atoms with E-state index in [-0.39, 0.29) is 12.0 Å². The maximum Gasteiger partial charge on any atom is 0.248 e. The molecule has 0 aromatic rings. The molecule has 2 atom stereocenters. The van der Waals surface area contributed by atoms with Crippen molar-refractivity contribution in [1.82, 2.24) is 10.6 Å². The van der Waals surface area contributed by atoms with Crippen molar-refractivity contribution in [2.24, 2.45) is 0 Å². The maximum absolute atomic E-state index is 11.5. The number of carbonyl (C=O) groups excluding carboxylic acids is 1. The quantitative estimate of drug-likeness (QED) is 0.600. The molecule has 16 heavy (non-hydrogen) atoms. The number of rotatable bonds is 7. The van der Waals surface area contributed by atoms with Crippen molar-refractivity contribution in [2.75, 3.05) is 33.4 Å². The molecule has 1 aliphatic heterocycles. The number of ether oxygens (including phenoxy) is 2. The monoisotopic (exact) mass is 230 g/mol. The van der Waals surface area contributed by atoms with Crippen LogP contribution >= 0.6 is 0 Å². The highest BCUT2D eigenvalue weighted by Gasteiger charge is 2.18. The summed E-state index contributed by atoms with van der Waals surface area (Å²) in [5.41, 5.74) is 0. The molecule has 1 fully saturated rings. The molecule has 5 nitrogen and oxygen atoms in total. The lowest BCUT2D eigenvalue weighted by Crippen LogP contribution is -2.38. The SMILES string of the molecule is COCCNC(=O)C(C)OCC1CCCN1. The fraction of sp³-hybridized carbons (Fsp3) is 0.909. The van der Waals surface area contributed by atoms with Crippen LogP contribution in [0, 0.1) is 0 Å². The number of hydrogen-bond acceptors (Lipinski definition) is 4. The predicted octanol–water partition coefficient (Wildman–Crippen LogP) is -0.0939. The highest BCUT2D eigenvalue weighted by Crippen LogP contribution is 2.06. The van der Waals surface area contributed by atoms with Crippen LogP contribution in [0.2, 0.25) is 0 Å². The Morgan fingerprint density at radius 3 is 3.06 bits per heavy atom. The molecule has 5 heteroatoms. The lowest BCUT2D eigenvalue weighted by molar-refractivity contribution is -0.132. The van der Waals surface area contributed by atoms with Gasteiger partial charge in [-0.2, -0.15) is 0 Å². The molecule has 1 amide bonds. The molecule has 0 aliphatic carbocycles. The van der Waals surface area contributed by atoms with Crippen molar-refractivity contribution in [2.45, 2.75) is 31.9 Å². The predicted molar refractivity (Wildman–Crippen MR) is 61.3 cm³/mol. The highest BCUT2D eigenvalue weighted by molar-refractivity contribution is 5.80. The Kier molecular flexibility index (Phi) is 6.37. The third-order valence-electron chi connectivity index (χ3n) is 2.68. The van der Waals surface area contributed by atoms with Crippen LogP contribution in [0.1, 0.15) is 19.8 Å². The molecular weight excluding hydrogens is 208 g/mol. The molecule has 1 saturated heterocycles. The third-order valence-corrected chi connectivity index (χ3v) is 2.68. The summed E-state index contributed by atoms with van der Waals surface area (Å²) in [7, 11) is 1.61. The maximum atomic E-state index is 11.5. The zero-order valence-electron chi connectivity index (χ0n) is 10.1. The topological polar surface area (TPSA) is 59.6 Å². The van der Waals surface area contributed by atoms with E-state index in [1.165, 1.54) is 6.42 Å². The molecule has 94 valence electrons. The summed E-state index contributed by atoms with van der Waals surface area (Å²) in [5.74, 6) is -0.0740. The van der Waals surface area contributed by atoms with Crippen molar-refractivity contribution in [1.29, 1.82) is 0 Å². The minimum atomic E-state index is -0.390. The summed E-state index contributed by atoms with van der Waals surface area (Å²) in [5, 5.41) is 6.08. The van der Waals surface area contributed by atoms with Crippen LogP contribution in [0.5, 0.6) is 0 Å². The zero-order valence-corrected chi connectivity index (χ0v) is 10.1. The molecule has 0 saturated carbocycles. The first-order valence-corrected chi connectivity index (χ1v) is 5.85. The standard InChI is InChI=1S/C11H22N2O3/c1-9(11(14)13-6-7-15-2)16-8-10-4-3-5-12-10/h9-10,12H,3-8H2,1-2H3,(H,13,14).